The lowest BCUT2D eigenvalue weighted by molar-refractivity contribution is -0.121. The van der Waals surface area contributed by atoms with Crippen LogP contribution in [0.4, 0.5) is 5.69 Å². The van der Waals surface area contributed by atoms with E-state index in [4.69, 9.17) is 5.73 Å². The van der Waals surface area contributed by atoms with Gasteiger partial charge >= 0.3 is 0 Å². The number of hydrogen-bond donors (Lipinski definition) is 2. The highest BCUT2D eigenvalue weighted by Gasteiger charge is 2.25. The van der Waals surface area contributed by atoms with E-state index >= 15 is 0 Å². The quantitative estimate of drug-likeness (QED) is 0.833. The predicted octanol–water partition coefficient (Wildman–Crippen LogP) is 1.99. The van der Waals surface area contributed by atoms with Gasteiger partial charge in [-0.25, -0.2) is 0 Å². The van der Waals surface area contributed by atoms with E-state index in [1.807, 2.05) is 33.8 Å². The average molecular weight is 282 g/mol. The number of hydrogen-bond acceptors (Lipinski definition) is 3. The minimum absolute atomic E-state index is 0.215. The van der Waals surface area contributed by atoms with Gasteiger partial charge in [0.15, 0.2) is 0 Å². The van der Waals surface area contributed by atoms with Gasteiger partial charge in [-0.1, -0.05) is 6.07 Å². The number of carbonyl (C=O) groups is 1. The van der Waals surface area contributed by atoms with Crippen LogP contribution in [0.25, 0.3) is 0 Å². The Morgan fingerprint density at radius 3 is 2.47 bits per heavy atom. The Balaban J connectivity index is 2.94. The van der Waals surface area contributed by atoms with Crippen LogP contribution in [0.5, 0.6) is 0 Å². The van der Waals surface area contributed by atoms with E-state index in [2.05, 4.69) is 5.32 Å². The second kappa shape index (κ2) is 5.74. The molecule has 1 rings (SSSR count). The average Bonchev–Trinajstić information content (AvgIpc) is 2.28. The van der Waals surface area contributed by atoms with Crippen molar-refractivity contribution in [3.63, 3.8) is 0 Å². The largest absolute Gasteiger partial charge is 0.399 e. The normalized spacial score (nSPS) is 14.8. The summed E-state index contributed by atoms with van der Waals surface area (Å²) >= 11 is 0. The van der Waals surface area contributed by atoms with Gasteiger partial charge in [-0.15, -0.1) is 0 Å². The van der Waals surface area contributed by atoms with Crippen LogP contribution < -0.4 is 11.1 Å². The number of nitrogens with one attached hydrogen (secondary N) is 1. The van der Waals surface area contributed by atoms with Gasteiger partial charge in [-0.05, 0) is 52.3 Å². The Hall–Kier alpha value is -1.36. The van der Waals surface area contributed by atoms with Crippen molar-refractivity contribution < 1.29 is 9.00 Å². The maximum Gasteiger partial charge on any atom is 0.236 e. The standard InChI is InChI=1S/C14H22N2O2S/c1-9-6-7-11(15)8-12(9)19(18)10(2)13(17)16-14(3,4)5/h6-8,10H,15H2,1-5H3,(H,16,17). The molecule has 1 aromatic carbocycles. The fourth-order valence-corrected chi connectivity index (χ4v) is 2.86. The van der Waals surface area contributed by atoms with Crippen molar-refractivity contribution in [2.45, 2.75) is 50.3 Å². The lowest BCUT2D eigenvalue weighted by Crippen LogP contribution is -2.46. The van der Waals surface area contributed by atoms with Crippen molar-refractivity contribution in [2.75, 3.05) is 5.73 Å². The molecule has 19 heavy (non-hydrogen) atoms. The smallest absolute Gasteiger partial charge is 0.236 e. The molecule has 106 valence electrons. The van der Waals surface area contributed by atoms with E-state index in [1.54, 1.807) is 19.1 Å². The predicted molar refractivity (Wildman–Crippen MR) is 79.4 cm³/mol. The Bertz CT molecular complexity index is 507. The van der Waals surface area contributed by atoms with Crippen LogP contribution in [0.3, 0.4) is 0 Å². The lowest BCUT2D eigenvalue weighted by atomic mass is 10.1. The molecule has 2 unspecified atom stereocenters. The van der Waals surface area contributed by atoms with Crippen LogP contribution in [0, 0.1) is 6.92 Å². The van der Waals surface area contributed by atoms with E-state index in [-0.39, 0.29) is 11.4 Å². The first-order valence-corrected chi connectivity index (χ1v) is 7.42. The van der Waals surface area contributed by atoms with Crippen LogP contribution in [0.1, 0.15) is 33.3 Å². The molecule has 0 saturated heterocycles. The molecule has 0 aromatic heterocycles. The zero-order valence-corrected chi connectivity index (χ0v) is 12.9. The molecule has 0 heterocycles. The summed E-state index contributed by atoms with van der Waals surface area (Å²) in [5, 5.41) is 2.23. The van der Waals surface area contributed by atoms with Crippen LogP contribution in [0.2, 0.25) is 0 Å². The highest BCUT2D eigenvalue weighted by atomic mass is 32.2. The number of nitrogens with two attached hydrogens (primary N) is 1. The van der Waals surface area contributed by atoms with E-state index in [0.717, 1.165) is 5.56 Å². The van der Waals surface area contributed by atoms with Crippen molar-refractivity contribution in [3.8, 4) is 0 Å². The van der Waals surface area contributed by atoms with Crippen LogP contribution in [0.15, 0.2) is 23.1 Å². The zero-order chi connectivity index (χ0) is 14.8. The Morgan fingerprint density at radius 2 is 1.95 bits per heavy atom. The summed E-state index contributed by atoms with van der Waals surface area (Å²) in [4.78, 5) is 12.7. The maximum atomic E-state index is 12.4. The highest BCUT2D eigenvalue weighted by Crippen LogP contribution is 2.20. The maximum absolute atomic E-state index is 12.4. The molecule has 0 aliphatic carbocycles. The third kappa shape index (κ3) is 4.35. The van der Waals surface area contributed by atoms with Crippen LogP contribution >= 0.6 is 0 Å². The number of carbonyl (C=O) groups excluding carboxylic acids is 1. The molecule has 1 amide bonds. The van der Waals surface area contributed by atoms with Gasteiger partial charge in [0.05, 0.1) is 10.8 Å². The molecule has 0 bridgehead atoms. The molecule has 1 aromatic rings. The molecule has 0 saturated carbocycles. The first kappa shape index (κ1) is 15.7. The molecule has 0 aliphatic rings. The van der Waals surface area contributed by atoms with Gasteiger partial charge in [-0.3, -0.25) is 9.00 Å². The Morgan fingerprint density at radius 1 is 1.37 bits per heavy atom. The fraction of sp³-hybridized carbons (Fsp3) is 0.500. The van der Waals surface area contributed by atoms with Crippen molar-refractivity contribution >= 4 is 22.4 Å². The Kier molecular flexibility index (Phi) is 4.74. The fourth-order valence-electron chi connectivity index (χ4n) is 1.59. The number of aryl methyl sites for hydroxylation is 1. The van der Waals surface area contributed by atoms with Gasteiger partial charge in [0, 0.05) is 16.1 Å². The first-order chi connectivity index (χ1) is 8.61. The molecular weight excluding hydrogens is 260 g/mol. The summed E-state index contributed by atoms with van der Waals surface area (Å²) in [7, 11) is -1.41. The summed E-state index contributed by atoms with van der Waals surface area (Å²) in [6, 6.07) is 5.25. The molecule has 5 heteroatoms. The van der Waals surface area contributed by atoms with Crippen molar-refractivity contribution in [1.82, 2.24) is 5.32 Å². The van der Waals surface area contributed by atoms with E-state index in [9.17, 15) is 9.00 Å². The number of nitrogen functional groups attached to an aromatic ring is 1. The summed E-state index contributed by atoms with van der Waals surface area (Å²) in [5.41, 5.74) is 6.81. The van der Waals surface area contributed by atoms with Gasteiger partial charge in [0.2, 0.25) is 5.91 Å². The second-order valence-electron chi connectivity index (χ2n) is 5.70. The SMILES string of the molecule is Cc1ccc(N)cc1S(=O)C(C)C(=O)NC(C)(C)C. The highest BCUT2D eigenvalue weighted by molar-refractivity contribution is 7.86. The lowest BCUT2D eigenvalue weighted by Gasteiger charge is -2.23. The zero-order valence-electron chi connectivity index (χ0n) is 12.1. The summed E-state index contributed by atoms with van der Waals surface area (Å²) < 4.78 is 12.4. The Labute approximate surface area is 117 Å². The van der Waals surface area contributed by atoms with Gasteiger partial charge in [0.1, 0.15) is 5.25 Å². The van der Waals surface area contributed by atoms with Crippen molar-refractivity contribution in [1.29, 1.82) is 0 Å². The molecule has 4 nitrogen and oxygen atoms in total. The molecule has 0 radical (unpaired) electrons. The third-order valence-electron chi connectivity index (χ3n) is 2.62. The van der Waals surface area contributed by atoms with Crippen LogP contribution in [-0.2, 0) is 15.6 Å². The van der Waals surface area contributed by atoms with Gasteiger partial charge < -0.3 is 11.1 Å². The van der Waals surface area contributed by atoms with Crippen LogP contribution in [-0.4, -0.2) is 20.9 Å². The summed E-state index contributed by atoms with van der Waals surface area (Å²) in [5.74, 6) is -0.215. The monoisotopic (exact) mass is 282 g/mol. The first-order valence-electron chi connectivity index (χ1n) is 6.20. The van der Waals surface area contributed by atoms with E-state index in [0.29, 0.717) is 10.6 Å². The summed E-state index contributed by atoms with van der Waals surface area (Å²) in [6.07, 6.45) is 0. The molecule has 0 fully saturated rings. The molecular formula is C14H22N2O2S. The number of benzene rings is 1. The van der Waals surface area contributed by atoms with E-state index in [1.165, 1.54) is 0 Å². The van der Waals surface area contributed by atoms with Crippen molar-refractivity contribution in [3.05, 3.63) is 23.8 Å². The molecule has 0 spiro atoms. The van der Waals surface area contributed by atoms with Gasteiger partial charge in [-0.2, -0.15) is 0 Å². The topological polar surface area (TPSA) is 72.2 Å². The molecule has 2 atom stereocenters. The minimum atomic E-state index is -1.41. The van der Waals surface area contributed by atoms with E-state index < -0.39 is 16.0 Å². The molecule has 3 N–H and O–H groups in total. The van der Waals surface area contributed by atoms with Crippen molar-refractivity contribution in [2.24, 2.45) is 0 Å². The number of rotatable bonds is 3. The van der Waals surface area contributed by atoms with Gasteiger partial charge in [0.25, 0.3) is 0 Å². The second-order valence-corrected chi connectivity index (χ2v) is 7.45. The molecule has 0 aliphatic heterocycles. The third-order valence-corrected chi connectivity index (χ3v) is 4.35. The number of amides is 1. The summed E-state index contributed by atoms with van der Waals surface area (Å²) in [6.45, 7) is 9.21. The minimum Gasteiger partial charge on any atom is -0.399 e. The number of anilines is 1.